The van der Waals surface area contributed by atoms with Crippen LogP contribution >= 0.6 is 22.7 Å². The number of hydrogen-bond acceptors (Lipinski definition) is 6. The van der Waals surface area contributed by atoms with Crippen LogP contribution in [0, 0.1) is 5.82 Å². The summed E-state index contributed by atoms with van der Waals surface area (Å²) < 4.78 is 18.6. The second-order valence-electron chi connectivity index (χ2n) is 5.06. The van der Waals surface area contributed by atoms with Crippen molar-refractivity contribution < 1.29 is 13.7 Å². The molecule has 0 saturated heterocycles. The van der Waals surface area contributed by atoms with Crippen molar-refractivity contribution in [2.75, 3.05) is 5.32 Å². The van der Waals surface area contributed by atoms with Crippen LogP contribution in [0.25, 0.3) is 22.2 Å². The van der Waals surface area contributed by atoms with Gasteiger partial charge in [0.25, 0.3) is 11.8 Å². The highest BCUT2D eigenvalue weighted by atomic mass is 32.1. The zero-order valence-corrected chi connectivity index (χ0v) is 14.2. The van der Waals surface area contributed by atoms with Crippen LogP contribution in [0.3, 0.4) is 0 Å². The van der Waals surface area contributed by atoms with E-state index in [2.05, 4.69) is 15.5 Å². The molecule has 8 heteroatoms. The van der Waals surface area contributed by atoms with E-state index in [1.165, 1.54) is 34.8 Å². The number of rotatable bonds is 4. The molecular weight excluding hydrogens is 361 g/mol. The fourth-order valence-electron chi connectivity index (χ4n) is 2.22. The summed E-state index contributed by atoms with van der Waals surface area (Å²) in [6.07, 6.45) is 0. The molecule has 0 spiro atoms. The number of carbonyl (C=O) groups excluding carboxylic acids is 1. The Balaban J connectivity index is 1.61. The third kappa shape index (κ3) is 3.21. The molecule has 1 aromatic carbocycles. The van der Waals surface area contributed by atoms with Gasteiger partial charge < -0.3 is 9.84 Å². The van der Waals surface area contributed by atoms with Crippen LogP contribution in [0.5, 0.6) is 0 Å². The minimum atomic E-state index is -0.372. The number of hydrogen-bond donors (Lipinski definition) is 1. The lowest BCUT2D eigenvalue weighted by molar-refractivity contribution is 0.102. The summed E-state index contributed by atoms with van der Waals surface area (Å²) in [5, 5.41) is 12.2. The molecular formula is C17H10FN3O2S2. The van der Waals surface area contributed by atoms with Gasteiger partial charge in [-0.25, -0.2) is 4.39 Å². The number of nitrogens with zero attached hydrogens (tertiary/aromatic N) is 2. The van der Waals surface area contributed by atoms with Crippen molar-refractivity contribution in [3.63, 3.8) is 0 Å². The van der Waals surface area contributed by atoms with E-state index in [4.69, 9.17) is 4.52 Å². The molecule has 124 valence electrons. The highest BCUT2D eigenvalue weighted by Gasteiger charge is 2.18. The van der Waals surface area contributed by atoms with E-state index < -0.39 is 0 Å². The van der Waals surface area contributed by atoms with Crippen molar-refractivity contribution >= 4 is 34.3 Å². The van der Waals surface area contributed by atoms with Gasteiger partial charge in [-0.15, -0.1) is 11.3 Å². The number of carbonyl (C=O) groups is 1. The molecule has 3 heterocycles. The lowest BCUT2D eigenvalue weighted by atomic mass is 10.2. The van der Waals surface area contributed by atoms with E-state index in [-0.39, 0.29) is 23.4 Å². The molecule has 0 fully saturated rings. The first-order chi connectivity index (χ1) is 12.2. The number of halogens is 1. The third-order valence-electron chi connectivity index (χ3n) is 3.40. The van der Waals surface area contributed by atoms with E-state index >= 15 is 0 Å². The minimum Gasteiger partial charge on any atom is -0.333 e. The van der Waals surface area contributed by atoms with Crippen LogP contribution in [0.1, 0.15) is 10.4 Å². The van der Waals surface area contributed by atoms with Crippen LogP contribution in [-0.4, -0.2) is 16.0 Å². The van der Waals surface area contributed by atoms with Crippen molar-refractivity contribution in [3.8, 4) is 22.2 Å². The van der Waals surface area contributed by atoms with Crippen LogP contribution < -0.4 is 5.32 Å². The topological polar surface area (TPSA) is 68.0 Å². The Labute approximate surface area is 149 Å². The second kappa shape index (κ2) is 6.58. The van der Waals surface area contributed by atoms with Crippen LogP contribution in [0.15, 0.2) is 57.1 Å². The molecule has 1 N–H and O–H groups in total. The molecule has 0 unspecified atom stereocenters. The first kappa shape index (κ1) is 15.7. The van der Waals surface area contributed by atoms with E-state index in [1.54, 1.807) is 29.6 Å². The predicted molar refractivity (Wildman–Crippen MR) is 95.3 cm³/mol. The minimum absolute atomic E-state index is 0.203. The van der Waals surface area contributed by atoms with Gasteiger partial charge in [-0.2, -0.15) is 16.3 Å². The van der Waals surface area contributed by atoms with E-state index in [9.17, 15) is 9.18 Å². The summed E-state index contributed by atoms with van der Waals surface area (Å²) in [5.41, 5.74) is 1.71. The van der Waals surface area contributed by atoms with Gasteiger partial charge in [-0.05, 0) is 35.0 Å². The van der Waals surface area contributed by atoms with Crippen molar-refractivity contribution in [3.05, 3.63) is 63.9 Å². The van der Waals surface area contributed by atoms with E-state index in [0.29, 0.717) is 21.7 Å². The van der Waals surface area contributed by atoms with E-state index in [0.717, 1.165) is 0 Å². The Kier molecular flexibility index (Phi) is 4.12. The lowest BCUT2D eigenvalue weighted by Crippen LogP contribution is -2.10. The maximum atomic E-state index is 13.3. The average Bonchev–Trinajstić information content (AvgIpc) is 3.36. The van der Waals surface area contributed by atoms with Gasteiger partial charge in [0.1, 0.15) is 10.7 Å². The van der Waals surface area contributed by atoms with Gasteiger partial charge in [-0.3, -0.25) is 4.79 Å². The Hall–Kier alpha value is -2.84. The van der Waals surface area contributed by atoms with Gasteiger partial charge in [0.2, 0.25) is 5.82 Å². The third-order valence-corrected chi connectivity index (χ3v) is 4.99. The van der Waals surface area contributed by atoms with Crippen LogP contribution in [-0.2, 0) is 0 Å². The standard InChI is InChI=1S/C17H10FN3O2S2/c18-12-3-1-2-10(8-12)15-20-17(23-21-15)14-13(5-7-25-14)19-16(22)11-4-6-24-9-11/h1-9H,(H,19,22). The summed E-state index contributed by atoms with van der Waals surface area (Å²) in [4.78, 5) is 17.2. The molecule has 0 aliphatic carbocycles. The van der Waals surface area contributed by atoms with Gasteiger partial charge in [-0.1, -0.05) is 17.3 Å². The fourth-order valence-corrected chi connectivity index (χ4v) is 3.63. The molecule has 0 atom stereocenters. The summed E-state index contributed by atoms with van der Waals surface area (Å²) in [6, 6.07) is 9.49. The molecule has 0 saturated carbocycles. The molecule has 4 aromatic rings. The Morgan fingerprint density at radius 1 is 1.20 bits per heavy atom. The molecule has 4 rings (SSSR count). The molecule has 0 aliphatic rings. The molecule has 0 bridgehead atoms. The number of nitrogens with one attached hydrogen (secondary N) is 1. The zero-order chi connectivity index (χ0) is 17.2. The Morgan fingerprint density at radius 3 is 2.92 bits per heavy atom. The number of thiophene rings is 2. The highest BCUT2D eigenvalue weighted by molar-refractivity contribution is 7.14. The first-order valence-corrected chi connectivity index (χ1v) is 9.04. The van der Waals surface area contributed by atoms with E-state index in [1.807, 2.05) is 10.8 Å². The lowest BCUT2D eigenvalue weighted by Gasteiger charge is -2.02. The molecule has 0 aliphatic heterocycles. The molecule has 25 heavy (non-hydrogen) atoms. The smallest absolute Gasteiger partial charge is 0.270 e. The highest BCUT2D eigenvalue weighted by Crippen LogP contribution is 2.34. The predicted octanol–water partition coefficient (Wildman–Crippen LogP) is 4.92. The summed E-state index contributed by atoms with van der Waals surface area (Å²) in [7, 11) is 0. The molecule has 5 nitrogen and oxygen atoms in total. The normalized spacial score (nSPS) is 10.8. The molecule has 0 radical (unpaired) electrons. The van der Waals surface area contributed by atoms with Gasteiger partial charge in [0.05, 0.1) is 11.3 Å². The Bertz CT molecular complexity index is 1020. The quantitative estimate of drug-likeness (QED) is 0.553. The van der Waals surface area contributed by atoms with Gasteiger partial charge >= 0.3 is 0 Å². The van der Waals surface area contributed by atoms with Gasteiger partial charge in [0.15, 0.2) is 0 Å². The maximum Gasteiger partial charge on any atom is 0.270 e. The summed E-state index contributed by atoms with van der Waals surface area (Å²) in [5.74, 6) is -0.0117. The second-order valence-corrected chi connectivity index (χ2v) is 6.76. The van der Waals surface area contributed by atoms with Crippen molar-refractivity contribution in [1.29, 1.82) is 0 Å². The maximum absolute atomic E-state index is 13.3. The van der Waals surface area contributed by atoms with Gasteiger partial charge in [0, 0.05) is 10.9 Å². The van der Waals surface area contributed by atoms with Crippen molar-refractivity contribution in [2.24, 2.45) is 0 Å². The fraction of sp³-hybridized carbons (Fsp3) is 0. The van der Waals surface area contributed by atoms with Crippen LogP contribution in [0.2, 0.25) is 0 Å². The van der Waals surface area contributed by atoms with Crippen LogP contribution in [0.4, 0.5) is 10.1 Å². The molecule has 3 aromatic heterocycles. The average molecular weight is 371 g/mol. The number of anilines is 1. The summed E-state index contributed by atoms with van der Waals surface area (Å²) >= 11 is 2.82. The zero-order valence-electron chi connectivity index (χ0n) is 12.6. The molecule has 1 amide bonds. The SMILES string of the molecule is O=C(Nc1ccsc1-c1nc(-c2cccc(F)c2)no1)c1ccsc1. The van der Waals surface area contributed by atoms with Crippen molar-refractivity contribution in [2.45, 2.75) is 0 Å². The largest absolute Gasteiger partial charge is 0.333 e. The number of aromatic nitrogens is 2. The monoisotopic (exact) mass is 371 g/mol. The Morgan fingerprint density at radius 2 is 2.12 bits per heavy atom. The number of benzene rings is 1. The number of amides is 1. The van der Waals surface area contributed by atoms with Crippen molar-refractivity contribution in [1.82, 2.24) is 10.1 Å². The first-order valence-electron chi connectivity index (χ1n) is 7.22. The summed E-state index contributed by atoms with van der Waals surface area (Å²) in [6.45, 7) is 0.